The summed E-state index contributed by atoms with van der Waals surface area (Å²) in [6.07, 6.45) is -0.769. The van der Waals surface area contributed by atoms with Crippen molar-refractivity contribution < 1.29 is 32.2 Å². The molecule has 10 nitrogen and oxygen atoms in total. The van der Waals surface area contributed by atoms with Crippen molar-refractivity contribution in [1.82, 2.24) is 19.9 Å². The molecule has 1 N–H and O–H groups in total. The Morgan fingerprint density at radius 2 is 1.95 bits per heavy atom. The van der Waals surface area contributed by atoms with Gasteiger partial charge in [-0.1, -0.05) is 0 Å². The molecule has 1 fully saturated rings. The molecule has 3 aromatic heterocycles. The summed E-state index contributed by atoms with van der Waals surface area (Å²) in [7, 11) is 1.50. The number of aryl methyl sites for hydroxylation is 1. The topological polar surface area (TPSA) is 132 Å². The molecule has 1 amide bonds. The predicted octanol–water partition coefficient (Wildman–Crippen LogP) is 6.81. The SMILES string of the molecule is COc1cnc2c(-c3nc4cc(F)c(OC5CC(F)(F)CC[C@@H]5OC(=O)Nc5cncc(C#N)c5)cc4s3)cc(C)cc2n1. The normalized spacial score (nSPS) is 17.6. The van der Waals surface area contributed by atoms with E-state index in [-0.39, 0.29) is 23.4 Å². The van der Waals surface area contributed by atoms with Crippen molar-refractivity contribution in [3.8, 4) is 28.3 Å². The molecule has 0 bridgehead atoms. The lowest BCUT2D eigenvalue weighted by molar-refractivity contribution is -0.114. The third-order valence-corrected chi connectivity index (χ3v) is 8.06. The maximum absolute atomic E-state index is 15.3. The first-order valence-corrected chi connectivity index (χ1v) is 14.2. The van der Waals surface area contributed by atoms with Gasteiger partial charge in [0.25, 0.3) is 5.92 Å². The Labute approximate surface area is 252 Å². The maximum Gasteiger partial charge on any atom is 0.412 e. The maximum atomic E-state index is 15.3. The fraction of sp³-hybridized carbons (Fsp3) is 0.267. The van der Waals surface area contributed by atoms with Crippen molar-refractivity contribution in [2.24, 2.45) is 0 Å². The minimum atomic E-state index is -3.10. The number of alkyl halides is 2. The molecule has 1 aliphatic rings. The van der Waals surface area contributed by atoms with E-state index in [2.05, 4.69) is 25.3 Å². The molecular weight excluding hydrogens is 597 g/mol. The van der Waals surface area contributed by atoms with Crippen LogP contribution in [0, 0.1) is 24.1 Å². The molecule has 0 saturated heterocycles. The van der Waals surface area contributed by atoms with Crippen LogP contribution >= 0.6 is 11.3 Å². The van der Waals surface area contributed by atoms with E-state index in [1.165, 1.54) is 55.2 Å². The number of methoxy groups -OCH3 is 1. The van der Waals surface area contributed by atoms with Gasteiger partial charge in [0.1, 0.15) is 23.3 Å². The zero-order valence-electron chi connectivity index (χ0n) is 23.3. The van der Waals surface area contributed by atoms with Gasteiger partial charge in [-0.05, 0) is 37.1 Å². The van der Waals surface area contributed by atoms with Crippen LogP contribution in [0.5, 0.6) is 11.6 Å². The number of pyridine rings is 1. The number of halogens is 3. The molecule has 0 spiro atoms. The van der Waals surface area contributed by atoms with Gasteiger partial charge in [0, 0.05) is 30.3 Å². The number of rotatable bonds is 6. The van der Waals surface area contributed by atoms with E-state index in [1.54, 1.807) is 0 Å². The summed E-state index contributed by atoms with van der Waals surface area (Å²) in [6.45, 7) is 1.90. The molecular formula is C30H23F3N6O4S. The van der Waals surface area contributed by atoms with Gasteiger partial charge in [0.2, 0.25) is 5.88 Å². The Morgan fingerprint density at radius 1 is 1.11 bits per heavy atom. The second-order valence-corrected chi connectivity index (χ2v) is 11.3. The van der Waals surface area contributed by atoms with E-state index < -0.39 is 42.9 Å². The van der Waals surface area contributed by atoms with Crippen LogP contribution in [0.25, 0.3) is 31.8 Å². The number of nitrogens with zero attached hydrogens (tertiary/aromatic N) is 5. The number of benzene rings is 2. The van der Waals surface area contributed by atoms with Gasteiger partial charge in [-0.2, -0.15) is 5.26 Å². The highest BCUT2D eigenvalue weighted by Crippen LogP contribution is 2.40. The number of aromatic nitrogens is 4. The van der Waals surface area contributed by atoms with Crippen molar-refractivity contribution in [2.45, 2.75) is 44.3 Å². The molecule has 1 aliphatic carbocycles. The Balaban J connectivity index is 1.27. The standard InChI is InChI=1S/C30H23F3N6O4S/c1-15-5-18(27-21(6-15)38-26(41-2)14-36-27)28-39-20-8-19(31)23(9-25(20)44-28)42-24-10-30(32,33)4-3-22(24)43-29(40)37-17-7-16(11-34)12-35-13-17/h5-9,12-14,22,24H,3-4,10H2,1-2H3,(H,37,40)/t22-,24?/m0/s1. The van der Waals surface area contributed by atoms with Crippen LogP contribution in [-0.4, -0.2) is 51.3 Å². The third-order valence-electron chi connectivity index (χ3n) is 7.01. The number of anilines is 1. The summed E-state index contributed by atoms with van der Waals surface area (Å²) < 4.78 is 61.2. The van der Waals surface area contributed by atoms with Crippen LogP contribution in [0.15, 0.2) is 48.9 Å². The van der Waals surface area contributed by atoms with Crippen molar-refractivity contribution in [1.29, 1.82) is 5.26 Å². The average Bonchev–Trinajstić information content (AvgIpc) is 3.40. The van der Waals surface area contributed by atoms with Crippen molar-refractivity contribution in [3.05, 3.63) is 65.9 Å². The van der Waals surface area contributed by atoms with Crippen molar-refractivity contribution in [2.75, 3.05) is 12.4 Å². The zero-order chi connectivity index (χ0) is 31.0. The molecule has 1 saturated carbocycles. The van der Waals surface area contributed by atoms with E-state index in [9.17, 15) is 13.6 Å². The number of nitrogens with one attached hydrogen (secondary N) is 1. The van der Waals surface area contributed by atoms with Crippen LogP contribution in [0.4, 0.5) is 23.7 Å². The Morgan fingerprint density at radius 3 is 2.75 bits per heavy atom. The van der Waals surface area contributed by atoms with Crippen LogP contribution in [0.2, 0.25) is 0 Å². The summed E-state index contributed by atoms with van der Waals surface area (Å²) in [5, 5.41) is 12.0. The molecule has 2 aromatic carbocycles. The first kappa shape index (κ1) is 29.1. The second-order valence-electron chi connectivity index (χ2n) is 10.3. The van der Waals surface area contributed by atoms with Gasteiger partial charge < -0.3 is 14.2 Å². The lowest BCUT2D eigenvalue weighted by atomic mass is 9.91. The number of nitriles is 1. The number of amides is 1. The minimum Gasteiger partial charge on any atom is -0.483 e. The summed E-state index contributed by atoms with van der Waals surface area (Å²) in [5.74, 6) is -3.81. The smallest absolute Gasteiger partial charge is 0.412 e. The molecule has 44 heavy (non-hydrogen) atoms. The molecule has 3 heterocycles. The van der Waals surface area contributed by atoms with E-state index in [1.807, 2.05) is 25.1 Å². The highest BCUT2D eigenvalue weighted by molar-refractivity contribution is 7.21. The highest BCUT2D eigenvalue weighted by atomic mass is 32.1. The molecule has 0 radical (unpaired) electrons. The number of carbonyl (C=O) groups excluding carboxylic acids is 1. The first-order chi connectivity index (χ1) is 21.1. The second kappa shape index (κ2) is 11.6. The largest absolute Gasteiger partial charge is 0.483 e. The van der Waals surface area contributed by atoms with Gasteiger partial charge in [0.15, 0.2) is 11.6 Å². The Bertz CT molecular complexity index is 1950. The number of fused-ring (bicyclic) bond motifs is 2. The molecule has 0 aliphatic heterocycles. The minimum absolute atomic E-state index is 0.191. The Kier molecular flexibility index (Phi) is 7.64. The number of thiazole rings is 1. The molecule has 224 valence electrons. The molecule has 5 aromatic rings. The van der Waals surface area contributed by atoms with Gasteiger partial charge in [-0.25, -0.2) is 32.9 Å². The monoisotopic (exact) mass is 620 g/mol. The van der Waals surface area contributed by atoms with E-state index in [4.69, 9.17) is 19.5 Å². The number of hydrogen-bond donors (Lipinski definition) is 1. The fourth-order valence-corrected chi connectivity index (χ4v) is 5.97. The van der Waals surface area contributed by atoms with E-state index in [0.29, 0.717) is 37.7 Å². The van der Waals surface area contributed by atoms with Crippen LogP contribution in [0.3, 0.4) is 0 Å². The van der Waals surface area contributed by atoms with Crippen molar-refractivity contribution >= 4 is 44.4 Å². The van der Waals surface area contributed by atoms with Gasteiger partial charge in [-0.3, -0.25) is 10.3 Å². The lowest BCUT2D eigenvalue weighted by Gasteiger charge is -2.35. The summed E-state index contributed by atoms with van der Waals surface area (Å²) in [4.78, 5) is 30.0. The fourth-order valence-electron chi connectivity index (χ4n) is 4.98. The third kappa shape index (κ3) is 6.04. The number of hydrogen-bond acceptors (Lipinski definition) is 10. The lowest BCUT2D eigenvalue weighted by Crippen LogP contribution is -2.45. The van der Waals surface area contributed by atoms with Crippen LogP contribution < -0.4 is 14.8 Å². The quantitative estimate of drug-likeness (QED) is 0.217. The predicted molar refractivity (Wildman–Crippen MR) is 155 cm³/mol. The molecule has 1 unspecified atom stereocenters. The molecule has 2 atom stereocenters. The van der Waals surface area contributed by atoms with Crippen molar-refractivity contribution in [3.63, 3.8) is 0 Å². The molecule has 14 heteroatoms. The van der Waals surface area contributed by atoms with Gasteiger partial charge in [-0.15, -0.1) is 11.3 Å². The zero-order valence-corrected chi connectivity index (χ0v) is 24.1. The van der Waals surface area contributed by atoms with E-state index in [0.717, 1.165) is 5.56 Å². The average molecular weight is 621 g/mol. The first-order valence-electron chi connectivity index (χ1n) is 13.4. The number of carbonyl (C=O) groups is 1. The summed E-state index contributed by atoms with van der Waals surface area (Å²) in [6, 6.07) is 9.63. The number of ether oxygens (including phenoxy) is 3. The van der Waals surface area contributed by atoms with Crippen LogP contribution in [-0.2, 0) is 4.74 Å². The van der Waals surface area contributed by atoms with Gasteiger partial charge in [0.05, 0.1) is 58.4 Å². The highest BCUT2D eigenvalue weighted by Gasteiger charge is 2.45. The van der Waals surface area contributed by atoms with E-state index >= 15 is 4.39 Å². The molecule has 6 rings (SSSR count). The van der Waals surface area contributed by atoms with Crippen LogP contribution in [0.1, 0.15) is 30.4 Å². The Hall–Kier alpha value is -5.03. The van der Waals surface area contributed by atoms with Gasteiger partial charge >= 0.3 is 6.09 Å². The summed E-state index contributed by atoms with van der Waals surface area (Å²) >= 11 is 1.26. The summed E-state index contributed by atoms with van der Waals surface area (Å²) in [5.41, 5.74) is 3.55.